The quantitative estimate of drug-likeness (QED) is 0.850. The number of hydrogen-bond acceptors (Lipinski definition) is 3. The lowest BCUT2D eigenvalue weighted by Crippen LogP contribution is -2.49. The topological polar surface area (TPSA) is 63.4 Å². The molecule has 1 saturated heterocycles. The minimum Gasteiger partial charge on any atom is -0.328 e. The molecule has 0 radical (unpaired) electrons. The number of benzene rings is 1. The van der Waals surface area contributed by atoms with Gasteiger partial charge < -0.3 is 5.73 Å². The van der Waals surface area contributed by atoms with Crippen molar-refractivity contribution in [2.24, 2.45) is 11.7 Å². The molecule has 1 aromatic carbocycles. The first-order chi connectivity index (χ1) is 9.41. The summed E-state index contributed by atoms with van der Waals surface area (Å²) >= 11 is 0. The summed E-state index contributed by atoms with van der Waals surface area (Å²) in [4.78, 5) is 26.5. The Hall–Kier alpha value is -1.68. The lowest BCUT2D eigenvalue weighted by Gasteiger charge is -2.30. The van der Waals surface area contributed by atoms with Crippen LogP contribution in [0.2, 0.25) is 0 Å². The summed E-state index contributed by atoms with van der Waals surface area (Å²) in [5, 5.41) is 0. The second kappa shape index (κ2) is 5.37. The molecule has 0 aliphatic carbocycles. The predicted octanol–water partition coefficient (Wildman–Crippen LogP) is 1.69. The van der Waals surface area contributed by atoms with Crippen molar-refractivity contribution < 1.29 is 9.59 Å². The molecule has 2 atom stereocenters. The van der Waals surface area contributed by atoms with Crippen LogP contribution in [-0.4, -0.2) is 29.3 Å². The summed E-state index contributed by atoms with van der Waals surface area (Å²) in [5.74, 6) is -0.0885. The summed E-state index contributed by atoms with van der Waals surface area (Å²) in [5.41, 5.74) is 5.89. The summed E-state index contributed by atoms with van der Waals surface area (Å²) in [6.45, 7) is 6.11. The van der Waals surface area contributed by atoms with E-state index in [4.69, 9.17) is 5.73 Å². The zero-order valence-electron chi connectivity index (χ0n) is 12.3. The lowest BCUT2D eigenvalue weighted by molar-refractivity contribution is -0.143. The van der Waals surface area contributed by atoms with E-state index in [1.54, 1.807) is 0 Å². The third-order valence-electron chi connectivity index (χ3n) is 4.22. The first-order valence-corrected chi connectivity index (χ1v) is 7.04. The Morgan fingerprint density at radius 1 is 1.25 bits per heavy atom. The normalized spacial score (nSPS) is 24.6. The molecule has 1 aromatic rings. The molecule has 4 heteroatoms. The Morgan fingerprint density at radius 3 is 2.35 bits per heavy atom. The SMILES string of the molecule is CC(C)C(CN)N1C(=O)CC(C)(c2ccccc2)C1=O. The first-order valence-electron chi connectivity index (χ1n) is 7.04. The van der Waals surface area contributed by atoms with E-state index in [2.05, 4.69) is 0 Å². The van der Waals surface area contributed by atoms with Gasteiger partial charge in [0.25, 0.3) is 0 Å². The Morgan fingerprint density at radius 2 is 1.85 bits per heavy atom. The third kappa shape index (κ3) is 2.24. The van der Waals surface area contributed by atoms with Gasteiger partial charge in [0, 0.05) is 13.0 Å². The first kappa shape index (κ1) is 14.7. The number of rotatable bonds is 4. The number of nitrogens with two attached hydrogens (primary N) is 1. The van der Waals surface area contributed by atoms with Gasteiger partial charge in [-0.3, -0.25) is 14.5 Å². The highest BCUT2D eigenvalue weighted by Gasteiger charge is 2.51. The molecular formula is C16H22N2O2. The number of amides is 2. The fraction of sp³-hybridized carbons (Fsp3) is 0.500. The largest absolute Gasteiger partial charge is 0.328 e. The monoisotopic (exact) mass is 274 g/mol. The zero-order chi connectivity index (χ0) is 14.9. The van der Waals surface area contributed by atoms with Crippen LogP contribution in [0.4, 0.5) is 0 Å². The summed E-state index contributed by atoms with van der Waals surface area (Å²) in [6, 6.07) is 9.28. The van der Waals surface area contributed by atoms with Crippen molar-refractivity contribution >= 4 is 11.8 Å². The average Bonchev–Trinajstić information content (AvgIpc) is 2.65. The minimum atomic E-state index is -0.763. The van der Waals surface area contributed by atoms with Gasteiger partial charge in [-0.1, -0.05) is 44.2 Å². The van der Waals surface area contributed by atoms with E-state index < -0.39 is 5.41 Å². The molecule has 2 N–H and O–H groups in total. The van der Waals surface area contributed by atoms with Crippen LogP contribution in [0.15, 0.2) is 30.3 Å². The standard InChI is InChI=1S/C16H22N2O2/c1-11(2)13(10-17)18-14(19)9-16(3,15(18)20)12-7-5-4-6-8-12/h4-8,11,13H,9-10,17H2,1-3H3. The number of nitrogens with zero attached hydrogens (tertiary/aromatic N) is 1. The molecule has 1 fully saturated rings. The number of hydrogen-bond donors (Lipinski definition) is 1. The minimum absolute atomic E-state index is 0.120. The molecule has 2 unspecified atom stereocenters. The molecule has 0 aromatic heterocycles. The Labute approximate surface area is 119 Å². The van der Waals surface area contributed by atoms with E-state index in [1.165, 1.54) is 4.90 Å². The second-order valence-electron chi connectivity index (χ2n) is 5.99. The molecule has 108 valence electrons. The van der Waals surface area contributed by atoms with Gasteiger partial charge in [-0.25, -0.2) is 0 Å². The van der Waals surface area contributed by atoms with Crippen LogP contribution in [-0.2, 0) is 15.0 Å². The van der Waals surface area contributed by atoms with Gasteiger partial charge in [-0.2, -0.15) is 0 Å². The molecule has 1 heterocycles. The summed E-state index contributed by atoms with van der Waals surface area (Å²) in [7, 11) is 0. The van der Waals surface area contributed by atoms with Gasteiger partial charge >= 0.3 is 0 Å². The molecule has 2 rings (SSSR count). The van der Waals surface area contributed by atoms with Crippen molar-refractivity contribution in [3.63, 3.8) is 0 Å². The molecule has 1 aliphatic rings. The van der Waals surface area contributed by atoms with Crippen molar-refractivity contribution in [3.05, 3.63) is 35.9 Å². The van der Waals surface area contributed by atoms with Crippen LogP contribution in [0.3, 0.4) is 0 Å². The molecular weight excluding hydrogens is 252 g/mol. The van der Waals surface area contributed by atoms with E-state index in [0.717, 1.165) is 5.56 Å². The van der Waals surface area contributed by atoms with Crippen molar-refractivity contribution in [2.45, 2.75) is 38.6 Å². The van der Waals surface area contributed by atoms with Gasteiger partial charge in [-0.15, -0.1) is 0 Å². The van der Waals surface area contributed by atoms with Crippen LogP contribution in [0.1, 0.15) is 32.8 Å². The predicted molar refractivity (Wildman–Crippen MR) is 77.9 cm³/mol. The van der Waals surface area contributed by atoms with Gasteiger partial charge in [0.15, 0.2) is 0 Å². The fourth-order valence-electron chi connectivity index (χ4n) is 2.89. The highest BCUT2D eigenvalue weighted by atomic mass is 16.2. The van der Waals surface area contributed by atoms with E-state index in [-0.39, 0.29) is 30.2 Å². The number of likely N-dealkylation sites (tertiary alicyclic amines) is 1. The summed E-state index contributed by atoms with van der Waals surface area (Å²) in [6.07, 6.45) is 0.221. The maximum Gasteiger partial charge on any atom is 0.240 e. The third-order valence-corrected chi connectivity index (χ3v) is 4.22. The highest BCUT2D eigenvalue weighted by molar-refractivity contribution is 6.09. The van der Waals surface area contributed by atoms with Crippen LogP contribution in [0.5, 0.6) is 0 Å². The molecule has 0 spiro atoms. The van der Waals surface area contributed by atoms with Crippen LogP contribution >= 0.6 is 0 Å². The van der Waals surface area contributed by atoms with Crippen molar-refractivity contribution in [1.82, 2.24) is 4.90 Å². The Bertz CT molecular complexity index is 512. The van der Waals surface area contributed by atoms with Crippen molar-refractivity contribution in [1.29, 1.82) is 0 Å². The Kier molecular flexibility index (Phi) is 3.95. The van der Waals surface area contributed by atoms with Gasteiger partial charge in [0.2, 0.25) is 11.8 Å². The molecule has 4 nitrogen and oxygen atoms in total. The maximum absolute atomic E-state index is 12.8. The lowest BCUT2D eigenvalue weighted by atomic mass is 9.81. The highest BCUT2D eigenvalue weighted by Crippen LogP contribution is 2.37. The number of carbonyl (C=O) groups excluding carboxylic acids is 2. The van der Waals surface area contributed by atoms with E-state index in [1.807, 2.05) is 51.1 Å². The van der Waals surface area contributed by atoms with Gasteiger partial charge in [0.1, 0.15) is 0 Å². The smallest absolute Gasteiger partial charge is 0.240 e. The molecule has 2 amide bonds. The molecule has 1 aliphatic heterocycles. The Balaban J connectivity index is 2.38. The molecule has 0 saturated carbocycles. The molecule has 20 heavy (non-hydrogen) atoms. The molecule has 0 bridgehead atoms. The van der Waals surface area contributed by atoms with Crippen LogP contribution in [0.25, 0.3) is 0 Å². The van der Waals surface area contributed by atoms with Crippen LogP contribution in [0, 0.1) is 5.92 Å². The van der Waals surface area contributed by atoms with Gasteiger partial charge in [-0.05, 0) is 18.4 Å². The maximum atomic E-state index is 12.8. The number of carbonyl (C=O) groups is 2. The van der Waals surface area contributed by atoms with E-state index in [9.17, 15) is 9.59 Å². The fourth-order valence-corrected chi connectivity index (χ4v) is 2.89. The van der Waals surface area contributed by atoms with E-state index >= 15 is 0 Å². The van der Waals surface area contributed by atoms with Crippen LogP contribution < -0.4 is 5.73 Å². The zero-order valence-corrected chi connectivity index (χ0v) is 12.3. The summed E-state index contributed by atoms with van der Waals surface area (Å²) < 4.78 is 0. The van der Waals surface area contributed by atoms with Gasteiger partial charge in [0.05, 0.1) is 11.5 Å². The second-order valence-corrected chi connectivity index (χ2v) is 5.99. The van der Waals surface area contributed by atoms with E-state index in [0.29, 0.717) is 6.54 Å². The van der Waals surface area contributed by atoms with Crippen molar-refractivity contribution in [3.8, 4) is 0 Å². The number of imide groups is 1. The van der Waals surface area contributed by atoms with Crippen molar-refractivity contribution in [2.75, 3.05) is 6.54 Å². The average molecular weight is 274 g/mol.